The van der Waals surface area contributed by atoms with E-state index in [0.717, 1.165) is 12.8 Å². The van der Waals surface area contributed by atoms with Gasteiger partial charge >= 0.3 is 0 Å². The molecule has 2 saturated heterocycles. The molecule has 2 N–H and O–H groups in total. The average Bonchev–Trinajstić information content (AvgIpc) is 2.92. The number of hydrogen-bond donors (Lipinski definition) is 2. The highest BCUT2D eigenvalue weighted by Crippen LogP contribution is 2.28. The molecule has 86 valence electrons. The maximum absolute atomic E-state index is 11.8. The molecule has 1 amide bonds. The Labute approximate surface area is 102 Å². The Morgan fingerprint density at radius 2 is 2.38 bits per heavy atom. The molecule has 2 fully saturated rings. The summed E-state index contributed by atoms with van der Waals surface area (Å²) in [5.74, 6) is 0.250. The van der Waals surface area contributed by atoms with Crippen LogP contribution in [0.2, 0.25) is 0 Å². The molecule has 0 aliphatic carbocycles. The van der Waals surface area contributed by atoms with Gasteiger partial charge in [-0.15, -0.1) is 0 Å². The number of halogens is 1. The van der Waals surface area contributed by atoms with E-state index in [0.29, 0.717) is 22.5 Å². The lowest BCUT2D eigenvalue weighted by molar-refractivity contribution is 0.0901. The lowest BCUT2D eigenvalue weighted by atomic mass is 9.95. The highest BCUT2D eigenvalue weighted by Gasteiger charge is 2.39. The molecule has 0 spiro atoms. The van der Waals surface area contributed by atoms with Gasteiger partial charge in [-0.25, -0.2) is 0 Å². The molecule has 5 heteroatoms. The Kier molecular flexibility index (Phi) is 2.52. The molecule has 0 radical (unpaired) electrons. The molecule has 0 saturated carbocycles. The molecular formula is C11H13BrN2O2. The lowest BCUT2D eigenvalue weighted by Crippen LogP contribution is -2.42. The Morgan fingerprint density at radius 1 is 1.50 bits per heavy atom. The van der Waals surface area contributed by atoms with E-state index in [1.165, 1.54) is 6.42 Å². The van der Waals surface area contributed by atoms with Gasteiger partial charge in [0.1, 0.15) is 0 Å². The third-order valence-corrected chi connectivity index (χ3v) is 3.84. The fourth-order valence-electron chi connectivity index (χ4n) is 2.66. The van der Waals surface area contributed by atoms with Crippen LogP contribution in [0, 0.1) is 0 Å². The van der Waals surface area contributed by atoms with Gasteiger partial charge in [-0.2, -0.15) is 0 Å². The van der Waals surface area contributed by atoms with Gasteiger partial charge in [-0.05, 0) is 47.3 Å². The highest BCUT2D eigenvalue weighted by atomic mass is 79.9. The Bertz CT molecular complexity index is 418. The molecule has 3 atom stereocenters. The second-order valence-corrected chi connectivity index (χ2v) is 5.25. The van der Waals surface area contributed by atoms with Crippen molar-refractivity contribution in [3.63, 3.8) is 0 Å². The Hall–Kier alpha value is -0.810. The van der Waals surface area contributed by atoms with Crippen LogP contribution in [0.1, 0.15) is 29.8 Å². The summed E-state index contributed by atoms with van der Waals surface area (Å²) in [5.41, 5.74) is 0. The topological polar surface area (TPSA) is 54.3 Å². The van der Waals surface area contributed by atoms with E-state index >= 15 is 0 Å². The van der Waals surface area contributed by atoms with E-state index in [2.05, 4.69) is 26.6 Å². The van der Waals surface area contributed by atoms with Gasteiger partial charge in [-0.1, -0.05) is 0 Å². The van der Waals surface area contributed by atoms with Gasteiger partial charge in [-0.3, -0.25) is 4.79 Å². The maximum Gasteiger partial charge on any atom is 0.287 e. The standard InChI is InChI=1S/C11H13BrN2O2/c12-10-4-3-9(16-10)11(15)14-8-5-6-1-2-7(8)13-6/h3-4,6-8,13H,1-2,5H2,(H,14,15)/t6?,7?,8-/m1/s1. The fourth-order valence-corrected chi connectivity index (χ4v) is 2.97. The third-order valence-electron chi connectivity index (χ3n) is 3.41. The first-order valence-corrected chi connectivity index (χ1v) is 6.34. The van der Waals surface area contributed by atoms with Crippen molar-refractivity contribution in [2.24, 2.45) is 0 Å². The van der Waals surface area contributed by atoms with Gasteiger partial charge in [0.25, 0.3) is 5.91 Å². The van der Waals surface area contributed by atoms with Crippen LogP contribution in [-0.4, -0.2) is 24.0 Å². The van der Waals surface area contributed by atoms with Gasteiger partial charge in [0, 0.05) is 18.1 Å². The molecule has 3 rings (SSSR count). The quantitative estimate of drug-likeness (QED) is 0.869. The summed E-state index contributed by atoms with van der Waals surface area (Å²) in [7, 11) is 0. The minimum Gasteiger partial charge on any atom is -0.444 e. The highest BCUT2D eigenvalue weighted by molar-refractivity contribution is 9.10. The van der Waals surface area contributed by atoms with Crippen molar-refractivity contribution in [1.29, 1.82) is 0 Å². The molecule has 2 aliphatic rings. The minimum absolute atomic E-state index is 0.120. The number of amides is 1. The van der Waals surface area contributed by atoms with Crippen LogP contribution in [0.15, 0.2) is 21.2 Å². The molecule has 3 heterocycles. The van der Waals surface area contributed by atoms with Gasteiger partial charge < -0.3 is 15.1 Å². The fraction of sp³-hybridized carbons (Fsp3) is 0.545. The number of rotatable bonds is 2. The van der Waals surface area contributed by atoms with Crippen molar-refractivity contribution in [3.05, 3.63) is 22.6 Å². The summed E-state index contributed by atoms with van der Waals surface area (Å²) in [4.78, 5) is 11.8. The molecule has 2 bridgehead atoms. The van der Waals surface area contributed by atoms with Crippen molar-refractivity contribution < 1.29 is 9.21 Å². The first kappa shape index (κ1) is 10.4. The SMILES string of the molecule is O=C(N[C@@H]1CC2CCC1N2)c1ccc(Br)o1. The molecule has 1 aromatic heterocycles. The average molecular weight is 285 g/mol. The minimum atomic E-state index is -0.120. The molecule has 2 unspecified atom stereocenters. The van der Waals surface area contributed by atoms with Crippen molar-refractivity contribution in [2.75, 3.05) is 0 Å². The van der Waals surface area contributed by atoms with Crippen LogP contribution >= 0.6 is 15.9 Å². The van der Waals surface area contributed by atoms with E-state index < -0.39 is 0 Å². The third kappa shape index (κ3) is 1.78. The Morgan fingerprint density at radius 3 is 2.94 bits per heavy atom. The number of furan rings is 1. The first-order valence-electron chi connectivity index (χ1n) is 5.54. The molecular weight excluding hydrogens is 272 g/mol. The second-order valence-electron chi connectivity index (χ2n) is 4.47. The van der Waals surface area contributed by atoms with Crippen molar-refractivity contribution in [3.8, 4) is 0 Å². The molecule has 2 aliphatic heterocycles. The van der Waals surface area contributed by atoms with E-state index in [1.54, 1.807) is 12.1 Å². The van der Waals surface area contributed by atoms with Crippen molar-refractivity contribution in [2.45, 2.75) is 37.4 Å². The predicted molar refractivity (Wildman–Crippen MR) is 62.2 cm³/mol. The summed E-state index contributed by atoms with van der Waals surface area (Å²) in [6.45, 7) is 0. The normalized spacial score (nSPS) is 31.9. The summed E-state index contributed by atoms with van der Waals surface area (Å²) >= 11 is 3.19. The summed E-state index contributed by atoms with van der Waals surface area (Å²) in [6, 6.07) is 4.72. The molecule has 0 aromatic carbocycles. The largest absolute Gasteiger partial charge is 0.444 e. The van der Waals surface area contributed by atoms with Crippen molar-refractivity contribution in [1.82, 2.24) is 10.6 Å². The summed E-state index contributed by atoms with van der Waals surface area (Å²) < 4.78 is 5.81. The summed E-state index contributed by atoms with van der Waals surface area (Å²) in [5, 5.41) is 6.51. The zero-order chi connectivity index (χ0) is 11.1. The number of carbonyl (C=O) groups excluding carboxylic acids is 1. The van der Waals surface area contributed by atoms with E-state index in [-0.39, 0.29) is 11.9 Å². The van der Waals surface area contributed by atoms with Gasteiger partial charge in [0.2, 0.25) is 0 Å². The van der Waals surface area contributed by atoms with Crippen LogP contribution in [0.5, 0.6) is 0 Å². The number of hydrogen-bond acceptors (Lipinski definition) is 3. The van der Waals surface area contributed by atoms with E-state index in [9.17, 15) is 4.79 Å². The van der Waals surface area contributed by atoms with Crippen LogP contribution < -0.4 is 10.6 Å². The maximum atomic E-state index is 11.8. The van der Waals surface area contributed by atoms with Crippen LogP contribution in [0.4, 0.5) is 0 Å². The monoisotopic (exact) mass is 284 g/mol. The zero-order valence-corrected chi connectivity index (χ0v) is 10.3. The molecule has 4 nitrogen and oxygen atoms in total. The van der Waals surface area contributed by atoms with Gasteiger partial charge in [0.05, 0.1) is 0 Å². The van der Waals surface area contributed by atoms with E-state index in [1.807, 2.05) is 0 Å². The number of nitrogens with one attached hydrogen (secondary N) is 2. The molecule has 16 heavy (non-hydrogen) atoms. The summed E-state index contributed by atoms with van der Waals surface area (Å²) in [6.07, 6.45) is 3.44. The first-order chi connectivity index (χ1) is 7.72. The van der Waals surface area contributed by atoms with Crippen molar-refractivity contribution >= 4 is 21.8 Å². The molecule has 1 aromatic rings. The number of fused-ring (bicyclic) bond motifs is 2. The van der Waals surface area contributed by atoms with Crippen LogP contribution in [-0.2, 0) is 0 Å². The second kappa shape index (κ2) is 3.89. The van der Waals surface area contributed by atoms with E-state index in [4.69, 9.17) is 4.42 Å². The van der Waals surface area contributed by atoms with Crippen LogP contribution in [0.3, 0.4) is 0 Å². The zero-order valence-electron chi connectivity index (χ0n) is 8.70. The Balaban J connectivity index is 1.65. The smallest absolute Gasteiger partial charge is 0.287 e. The number of carbonyl (C=O) groups is 1. The van der Waals surface area contributed by atoms with Gasteiger partial charge in [0.15, 0.2) is 10.4 Å². The predicted octanol–water partition coefficient (Wildman–Crippen LogP) is 1.66. The van der Waals surface area contributed by atoms with Crippen LogP contribution in [0.25, 0.3) is 0 Å². The lowest BCUT2D eigenvalue weighted by Gasteiger charge is -2.20.